The predicted molar refractivity (Wildman–Crippen MR) is 96.5 cm³/mol. The van der Waals surface area contributed by atoms with Crippen molar-refractivity contribution in [2.24, 2.45) is 0 Å². The first-order valence-corrected chi connectivity index (χ1v) is 8.79. The molecule has 1 atom stereocenters. The molecular formula is C19H28N2O5. The van der Waals surface area contributed by atoms with Crippen LogP contribution in [0.2, 0.25) is 0 Å². The van der Waals surface area contributed by atoms with Crippen LogP contribution in [0.4, 0.5) is 4.79 Å². The molecule has 1 saturated heterocycles. The van der Waals surface area contributed by atoms with E-state index in [2.05, 4.69) is 10.6 Å². The first-order chi connectivity index (χ1) is 12.2. The molecule has 26 heavy (non-hydrogen) atoms. The lowest BCUT2D eigenvalue weighted by Crippen LogP contribution is -2.43. The molecule has 2 N–H and O–H groups in total. The van der Waals surface area contributed by atoms with Crippen LogP contribution in [-0.2, 0) is 19.0 Å². The highest BCUT2D eigenvalue weighted by atomic mass is 16.7. The Hall–Kier alpha value is -2.12. The Morgan fingerprint density at radius 2 is 1.81 bits per heavy atom. The zero-order valence-electron chi connectivity index (χ0n) is 15.8. The molecule has 1 heterocycles. The number of ether oxygens (including phenoxy) is 3. The number of nitrogens with one attached hydrogen (secondary N) is 2. The number of hydrogen-bond donors (Lipinski definition) is 2. The van der Waals surface area contributed by atoms with Gasteiger partial charge in [0.05, 0.1) is 13.2 Å². The van der Waals surface area contributed by atoms with Gasteiger partial charge in [-0.3, -0.25) is 4.79 Å². The van der Waals surface area contributed by atoms with Crippen molar-refractivity contribution < 1.29 is 23.8 Å². The highest BCUT2D eigenvalue weighted by molar-refractivity contribution is 5.86. The van der Waals surface area contributed by atoms with Gasteiger partial charge in [-0.1, -0.05) is 30.3 Å². The fourth-order valence-corrected chi connectivity index (χ4v) is 2.59. The Morgan fingerprint density at radius 1 is 1.19 bits per heavy atom. The van der Waals surface area contributed by atoms with E-state index in [0.29, 0.717) is 31.7 Å². The third-order valence-corrected chi connectivity index (χ3v) is 3.83. The number of hydrogen-bond acceptors (Lipinski definition) is 5. The second-order valence-corrected chi connectivity index (χ2v) is 7.36. The Labute approximate surface area is 154 Å². The molecule has 1 unspecified atom stereocenters. The maximum Gasteiger partial charge on any atom is 0.408 e. The molecule has 1 aliphatic heterocycles. The molecule has 0 spiro atoms. The molecule has 1 aromatic carbocycles. The molecule has 7 nitrogen and oxygen atoms in total. The van der Waals surface area contributed by atoms with E-state index in [0.717, 1.165) is 0 Å². The van der Waals surface area contributed by atoms with Crippen molar-refractivity contribution in [3.63, 3.8) is 0 Å². The lowest BCUT2D eigenvalue weighted by molar-refractivity contribution is -0.146. The van der Waals surface area contributed by atoms with E-state index >= 15 is 0 Å². The lowest BCUT2D eigenvalue weighted by atomic mass is 10.1. The summed E-state index contributed by atoms with van der Waals surface area (Å²) in [7, 11) is 0. The summed E-state index contributed by atoms with van der Waals surface area (Å²) in [5.74, 6) is -0.989. The smallest absolute Gasteiger partial charge is 0.408 e. The quantitative estimate of drug-likeness (QED) is 0.810. The number of amides is 2. The minimum absolute atomic E-state index is 0.316. The number of carbonyl (C=O) groups is 2. The second kappa shape index (κ2) is 8.51. The summed E-state index contributed by atoms with van der Waals surface area (Å²) in [6.07, 6.45) is -0.122. The summed E-state index contributed by atoms with van der Waals surface area (Å²) in [4.78, 5) is 24.8. The van der Waals surface area contributed by atoms with Crippen LogP contribution in [-0.4, -0.2) is 43.1 Å². The summed E-state index contributed by atoms with van der Waals surface area (Å²) >= 11 is 0. The minimum atomic E-state index is -0.843. The van der Waals surface area contributed by atoms with Crippen LogP contribution in [0.3, 0.4) is 0 Å². The second-order valence-electron chi connectivity index (χ2n) is 7.36. The average Bonchev–Trinajstić information content (AvgIpc) is 2.98. The molecule has 2 amide bonds. The molecule has 0 bridgehead atoms. The standard InChI is InChI=1S/C19H28N2O5/c1-18(2,3)26-17(23)21-15(14-8-6-5-7-9-14)16(22)20-11-10-19(4)24-12-13-25-19/h5-9,15H,10-13H2,1-4H3,(H,20,22)(H,21,23). The SMILES string of the molecule is CC(C)(C)OC(=O)NC(C(=O)NCCC1(C)OCCO1)c1ccccc1. The van der Waals surface area contributed by atoms with Crippen molar-refractivity contribution in [3.8, 4) is 0 Å². The fraction of sp³-hybridized carbons (Fsp3) is 0.579. The van der Waals surface area contributed by atoms with Crippen LogP contribution < -0.4 is 10.6 Å². The average molecular weight is 364 g/mol. The summed E-state index contributed by atoms with van der Waals surface area (Å²) in [6, 6.07) is 8.20. The van der Waals surface area contributed by atoms with Crippen molar-refractivity contribution in [3.05, 3.63) is 35.9 Å². The first-order valence-electron chi connectivity index (χ1n) is 8.79. The zero-order valence-corrected chi connectivity index (χ0v) is 15.8. The van der Waals surface area contributed by atoms with E-state index in [-0.39, 0.29) is 5.91 Å². The number of rotatable bonds is 6. The van der Waals surface area contributed by atoms with Gasteiger partial charge in [0.25, 0.3) is 0 Å². The Morgan fingerprint density at radius 3 is 2.38 bits per heavy atom. The summed E-state index contributed by atoms with van der Waals surface area (Å²) in [6.45, 7) is 8.63. The van der Waals surface area contributed by atoms with Crippen LogP contribution in [0.15, 0.2) is 30.3 Å². The van der Waals surface area contributed by atoms with Gasteiger partial charge >= 0.3 is 6.09 Å². The minimum Gasteiger partial charge on any atom is -0.444 e. The van der Waals surface area contributed by atoms with Gasteiger partial charge in [-0.05, 0) is 33.3 Å². The Balaban J connectivity index is 1.98. The highest BCUT2D eigenvalue weighted by Crippen LogP contribution is 2.22. The third-order valence-electron chi connectivity index (χ3n) is 3.83. The van der Waals surface area contributed by atoms with Crippen LogP contribution in [0, 0.1) is 0 Å². The summed E-state index contributed by atoms with van der Waals surface area (Å²) < 4.78 is 16.3. The third kappa shape index (κ3) is 6.31. The molecule has 0 aliphatic carbocycles. The van der Waals surface area contributed by atoms with Crippen molar-refractivity contribution >= 4 is 12.0 Å². The van der Waals surface area contributed by atoms with Crippen molar-refractivity contribution in [1.29, 1.82) is 0 Å². The monoisotopic (exact) mass is 364 g/mol. The number of carbonyl (C=O) groups excluding carboxylic acids is 2. The number of benzene rings is 1. The van der Waals surface area contributed by atoms with Gasteiger partial charge in [-0.2, -0.15) is 0 Å². The van der Waals surface area contributed by atoms with Gasteiger partial charge in [-0.25, -0.2) is 4.79 Å². The van der Waals surface area contributed by atoms with Gasteiger partial charge in [0.15, 0.2) is 5.79 Å². The molecule has 7 heteroatoms. The van der Waals surface area contributed by atoms with Gasteiger partial charge in [0.2, 0.25) is 5.91 Å². The Kier molecular flexibility index (Phi) is 6.61. The summed E-state index contributed by atoms with van der Waals surface area (Å²) in [5.41, 5.74) is 0.0310. The molecule has 1 aromatic rings. The molecule has 1 fully saturated rings. The van der Waals surface area contributed by atoms with Crippen LogP contribution in [0.25, 0.3) is 0 Å². The topological polar surface area (TPSA) is 85.9 Å². The Bertz CT molecular complexity index is 606. The predicted octanol–water partition coefficient (Wildman–Crippen LogP) is 2.52. The highest BCUT2D eigenvalue weighted by Gasteiger charge is 2.31. The molecule has 0 saturated carbocycles. The van der Waals surface area contributed by atoms with Gasteiger partial charge < -0.3 is 24.8 Å². The van der Waals surface area contributed by atoms with E-state index in [1.807, 2.05) is 25.1 Å². The molecular weight excluding hydrogens is 336 g/mol. The van der Waals surface area contributed by atoms with Crippen molar-refractivity contribution in [2.45, 2.75) is 51.5 Å². The molecule has 2 rings (SSSR count). The van der Waals surface area contributed by atoms with E-state index in [1.165, 1.54) is 0 Å². The van der Waals surface area contributed by atoms with E-state index in [4.69, 9.17) is 14.2 Å². The zero-order chi connectivity index (χ0) is 19.2. The van der Waals surface area contributed by atoms with E-state index in [1.54, 1.807) is 32.9 Å². The maximum absolute atomic E-state index is 12.7. The summed E-state index contributed by atoms with van der Waals surface area (Å²) in [5, 5.41) is 5.47. The number of alkyl carbamates (subject to hydrolysis) is 1. The lowest BCUT2D eigenvalue weighted by Gasteiger charge is -2.25. The van der Waals surface area contributed by atoms with E-state index in [9.17, 15) is 9.59 Å². The molecule has 0 radical (unpaired) electrons. The maximum atomic E-state index is 12.7. The van der Waals surface area contributed by atoms with Gasteiger partial charge in [0, 0.05) is 13.0 Å². The van der Waals surface area contributed by atoms with Crippen LogP contribution in [0.1, 0.15) is 45.7 Å². The molecule has 144 valence electrons. The van der Waals surface area contributed by atoms with Gasteiger partial charge in [0.1, 0.15) is 11.6 Å². The van der Waals surface area contributed by atoms with Crippen LogP contribution in [0.5, 0.6) is 0 Å². The molecule has 1 aliphatic rings. The van der Waals surface area contributed by atoms with Crippen LogP contribution >= 0.6 is 0 Å². The van der Waals surface area contributed by atoms with E-state index < -0.39 is 23.5 Å². The largest absolute Gasteiger partial charge is 0.444 e. The molecule has 0 aromatic heterocycles. The van der Waals surface area contributed by atoms with Crippen molar-refractivity contribution in [1.82, 2.24) is 10.6 Å². The first kappa shape index (κ1) is 20.2. The normalized spacial score (nSPS) is 17.4. The van der Waals surface area contributed by atoms with Gasteiger partial charge in [-0.15, -0.1) is 0 Å². The fourth-order valence-electron chi connectivity index (χ4n) is 2.59. The van der Waals surface area contributed by atoms with Crippen molar-refractivity contribution in [2.75, 3.05) is 19.8 Å².